The summed E-state index contributed by atoms with van der Waals surface area (Å²) >= 11 is 0. The molecule has 0 radical (unpaired) electrons. The molecule has 0 amide bonds. The zero-order valence-electron chi connectivity index (χ0n) is 36.8. The molecule has 0 saturated heterocycles. The summed E-state index contributed by atoms with van der Waals surface area (Å²) in [6.45, 7) is 22.2. The van der Waals surface area contributed by atoms with Gasteiger partial charge in [0.05, 0.1) is 28.0 Å². The second-order valence-electron chi connectivity index (χ2n) is 18.9. The van der Waals surface area contributed by atoms with Gasteiger partial charge in [-0.05, 0) is 86.4 Å². The van der Waals surface area contributed by atoms with E-state index >= 15 is 0 Å². The Morgan fingerprint density at radius 3 is 1.80 bits per heavy atom. The molecule has 6 aromatic carbocycles. The number of hydrogen-bond acceptors (Lipinski definition) is 3. The summed E-state index contributed by atoms with van der Waals surface area (Å²) in [7, 11) is 0. The average molecular weight is 788 g/mol. The summed E-state index contributed by atoms with van der Waals surface area (Å²) in [5.74, 6) is 1.49. The molecule has 0 spiro atoms. The molecule has 0 aliphatic rings. The molecule has 8 aromatic rings. The third-order valence-electron chi connectivity index (χ3n) is 11.8. The van der Waals surface area contributed by atoms with Crippen molar-refractivity contribution < 1.29 is 5.11 Å². The average Bonchev–Trinajstić information content (AvgIpc) is 3.62. The van der Waals surface area contributed by atoms with E-state index in [9.17, 15) is 5.11 Å². The summed E-state index contributed by atoms with van der Waals surface area (Å²) in [6, 6.07) is 49.7. The van der Waals surface area contributed by atoms with E-state index in [1.54, 1.807) is 0 Å². The van der Waals surface area contributed by atoms with E-state index < -0.39 is 0 Å². The van der Waals surface area contributed by atoms with Gasteiger partial charge < -0.3 is 5.11 Å². The maximum Gasteiger partial charge on any atom is 0.149 e. The molecule has 0 fully saturated rings. The molecule has 4 heteroatoms. The standard InChI is InChI=1S/C56H57N3O/c1-35(2)40-29-41(31-42(30-40)49-28-27-39(34-57-49)37-19-13-11-14-20-37)45-24-18-26-50-51(45)58-54(47-32-43(55(5,6)7)33-48(53(47)60)56(8,9)10)59(50)52-44(36(3)4)23-17-25-46(52)38-21-15-12-16-22-38/h11-36,60H,1-10H3. The van der Waals surface area contributed by atoms with Crippen LogP contribution in [0, 0.1) is 0 Å². The Kier molecular flexibility index (Phi) is 10.6. The third-order valence-corrected chi connectivity index (χ3v) is 11.8. The van der Waals surface area contributed by atoms with Gasteiger partial charge in [-0.15, -0.1) is 0 Å². The molecule has 0 aliphatic heterocycles. The fraction of sp³-hybridized carbons (Fsp3) is 0.250. The number of phenols is 1. The number of imidazole rings is 1. The summed E-state index contributed by atoms with van der Waals surface area (Å²) in [5, 5.41) is 12.5. The predicted molar refractivity (Wildman–Crippen MR) is 253 cm³/mol. The summed E-state index contributed by atoms with van der Waals surface area (Å²) < 4.78 is 2.33. The van der Waals surface area contributed by atoms with Gasteiger partial charge in [0.1, 0.15) is 11.6 Å². The molecule has 0 saturated carbocycles. The zero-order chi connectivity index (χ0) is 42.5. The second-order valence-corrected chi connectivity index (χ2v) is 18.9. The van der Waals surface area contributed by atoms with E-state index in [0.717, 1.165) is 83.9 Å². The van der Waals surface area contributed by atoms with Crippen molar-refractivity contribution in [2.24, 2.45) is 0 Å². The highest BCUT2D eigenvalue weighted by molar-refractivity contribution is 5.98. The molecule has 302 valence electrons. The van der Waals surface area contributed by atoms with Crippen molar-refractivity contribution in [3.63, 3.8) is 0 Å². The number of rotatable bonds is 8. The van der Waals surface area contributed by atoms with E-state index in [2.05, 4.69) is 207 Å². The molecule has 0 bridgehead atoms. The van der Waals surface area contributed by atoms with Crippen LogP contribution >= 0.6 is 0 Å². The van der Waals surface area contributed by atoms with Gasteiger partial charge >= 0.3 is 0 Å². The number of aromatic hydroxyl groups is 1. The summed E-state index contributed by atoms with van der Waals surface area (Å²) in [6.07, 6.45) is 1.97. The first-order chi connectivity index (χ1) is 28.6. The highest BCUT2D eigenvalue weighted by atomic mass is 16.3. The lowest BCUT2D eigenvalue weighted by Crippen LogP contribution is -2.17. The van der Waals surface area contributed by atoms with Crippen molar-refractivity contribution in [3.8, 4) is 67.5 Å². The van der Waals surface area contributed by atoms with Gasteiger partial charge in [0.2, 0.25) is 0 Å². The highest BCUT2D eigenvalue weighted by Crippen LogP contribution is 2.46. The Morgan fingerprint density at radius 2 is 1.18 bits per heavy atom. The molecule has 4 nitrogen and oxygen atoms in total. The maximum atomic E-state index is 12.5. The molecule has 0 unspecified atom stereocenters. The van der Waals surface area contributed by atoms with Gasteiger partial charge in [-0.25, -0.2) is 4.98 Å². The minimum Gasteiger partial charge on any atom is -0.507 e. The Bertz CT molecular complexity index is 2820. The Morgan fingerprint density at radius 1 is 0.533 bits per heavy atom. The summed E-state index contributed by atoms with van der Waals surface area (Å²) in [5.41, 5.74) is 16.3. The van der Waals surface area contributed by atoms with Crippen molar-refractivity contribution in [1.29, 1.82) is 0 Å². The van der Waals surface area contributed by atoms with Gasteiger partial charge in [0.15, 0.2) is 0 Å². The van der Waals surface area contributed by atoms with Crippen LogP contribution < -0.4 is 0 Å². The number of para-hydroxylation sites is 2. The van der Waals surface area contributed by atoms with Crippen molar-refractivity contribution in [1.82, 2.24) is 14.5 Å². The normalized spacial score (nSPS) is 12.2. The Balaban J connectivity index is 1.45. The fourth-order valence-electron chi connectivity index (χ4n) is 8.33. The topological polar surface area (TPSA) is 50.9 Å². The molecule has 8 rings (SSSR count). The molecule has 0 aliphatic carbocycles. The van der Waals surface area contributed by atoms with Crippen LogP contribution in [0.15, 0.2) is 146 Å². The molecular weight excluding hydrogens is 731 g/mol. The number of benzene rings is 6. The fourth-order valence-corrected chi connectivity index (χ4v) is 8.33. The quantitative estimate of drug-likeness (QED) is 0.167. The van der Waals surface area contributed by atoms with Crippen LogP contribution in [-0.4, -0.2) is 19.6 Å². The molecule has 0 atom stereocenters. The lowest BCUT2D eigenvalue weighted by molar-refractivity contribution is 0.446. The second kappa shape index (κ2) is 15.7. The van der Waals surface area contributed by atoms with Crippen molar-refractivity contribution in [2.75, 3.05) is 0 Å². The number of fused-ring (bicyclic) bond motifs is 1. The SMILES string of the molecule is CC(C)c1cc(-c2ccc(-c3ccccc3)cn2)cc(-c2cccc3c2nc(-c2cc(C(C)(C)C)cc(C(C)(C)C)c2O)n3-c2c(-c3ccccc3)cccc2C(C)C)c1. The van der Waals surface area contributed by atoms with E-state index in [4.69, 9.17) is 9.97 Å². The minimum absolute atomic E-state index is 0.170. The number of hydrogen-bond donors (Lipinski definition) is 1. The van der Waals surface area contributed by atoms with Gasteiger partial charge in [0, 0.05) is 34.0 Å². The van der Waals surface area contributed by atoms with Crippen LogP contribution in [0.4, 0.5) is 0 Å². The third kappa shape index (κ3) is 7.68. The first-order valence-corrected chi connectivity index (χ1v) is 21.4. The van der Waals surface area contributed by atoms with Crippen molar-refractivity contribution in [3.05, 3.63) is 168 Å². The number of nitrogens with zero attached hydrogens (tertiary/aromatic N) is 3. The molecule has 2 aromatic heterocycles. The maximum absolute atomic E-state index is 12.5. The predicted octanol–water partition coefficient (Wildman–Crippen LogP) is 15.3. The molecular formula is C56H57N3O. The van der Waals surface area contributed by atoms with Crippen LogP contribution in [0.1, 0.15) is 103 Å². The monoisotopic (exact) mass is 787 g/mol. The van der Waals surface area contributed by atoms with Crippen molar-refractivity contribution >= 4 is 11.0 Å². The van der Waals surface area contributed by atoms with E-state index in [0.29, 0.717) is 5.92 Å². The van der Waals surface area contributed by atoms with Gasteiger partial charge in [0.25, 0.3) is 0 Å². The molecule has 2 heterocycles. The lowest BCUT2D eigenvalue weighted by atomic mass is 9.79. The number of aromatic nitrogens is 3. The first kappa shape index (κ1) is 40.5. The van der Waals surface area contributed by atoms with E-state index in [1.807, 2.05) is 12.3 Å². The van der Waals surface area contributed by atoms with E-state index in [1.165, 1.54) is 11.1 Å². The van der Waals surface area contributed by atoms with Gasteiger partial charge in [-0.1, -0.05) is 178 Å². The van der Waals surface area contributed by atoms with Crippen LogP contribution in [0.25, 0.3) is 72.7 Å². The highest BCUT2D eigenvalue weighted by Gasteiger charge is 2.30. The molecule has 60 heavy (non-hydrogen) atoms. The van der Waals surface area contributed by atoms with Gasteiger partial charge in [-0.2, -0.15) is 0 Å². The van der Waals surface area contributed by atoms with Crippen LogP contribution in [-0.2, 0) is 10.8 Å². The van der Waals surface area contributed by atoms with Crippen LogP contribution in [0.3, 0.4) is 0 Å². The number of pyridine rings is 1. The van der Waals surface area contributed by atoms with Crippen LogP contribution in [0.2, 0.25) is 0 Å². The Labute approximate surface area is 356 Å². The largest absolute Gasteiger partial charge is 0.507 e. The van der Waals surface area contributed by atoms with Crippen LogP contribution in [0.5, 0.6) is 5.75 Å². The summed E-state index contributed by atoms with van der Waals surface area (Å²) in [4.78, 5) is 10.7. The molecule has 1 N–H and O–H groups in total. The minimum atomic E-state index is -0.311. The lowest BCUT2D eigenvalue weighted by Gasteiger charge is -2.28. The Hall–Kier alpha value is -6.26. The first-order valence-electron chi connectivity index (χ1n) is 21.4. The van der Waals surface area contributed by atoms with E-state index in [-0.39, 0.29) is 22.5 Å². The zero-order valence-corrected chi connectivity index (χ0v) is 36.8. The smallest absolute Gasteiger partial charge is 0.149 e. The number of phenolic OH excluding ortho intramolecular Hbond substituents is 1. The van der Waals surface area contributed by atoms with Gasteiger partial charge in [-0.3, -0.25) is 9.55 Å². The van der Waals surface area contributed by atoms with Crippen molar-refractivity contribution in [2.45, 2.75) is 91.9 Å².